The molecule has 8 heteroatoms. The summed E-state index contributed by atoms with van der Waals surface area (Å²) in [6.07, 6.45) is 0.102. The molecular formula is C7H6F5NOS. The molecule has 0 radical (unpaired) electrons. The lowest BCUT2D eigenvalue weighted by Gasteiger charge is -2.40. The molecule has 0 atom stereocenters. The molecule has 15 heavy (non-hydrogen) atoms. The molecule has 0 saturated carbocycles. The summed E-state index contributed by atoms with van der Waals surface area (Å²) >= 11 is 0. The largest absolute Gasteiger partial charge is 0.329 e. The Morgan fingerprint density at radius 3 is 2.20 bits per heavy atom. The van der Waals surface area contributed by atoms with Crippen molar-refractivity contribution in [1.29, 1.82) is 0 Å². The van der Waals surface area contributed by atoms with Gasteiger partial charge in [-0.25, -0.2) is 0 Å². The van der Waals surface area contributed by atoms with Gasteiger partial charge in [-0.05, 0) is 18.2 Å². The Morgan fingerprint density at radius 2 is 1.73 bits per heavy atom. The number of anilines is 1. The molecular weight excluding hydrogens is 241 g/mol. The Hall–Kier alpha value is -1.31. The highest BCUT2D eigenvalue weighted by atomic mass is 32.5. The van der Waals surface area contributed by atoms with Gasteiger partial charge in [0.25, 0.3) is 0 Å². The summed E-state index contributed by atoms with van der Waals surface area (Å²) in [5, 5.41) is 1.86. The first-order valence-corrected chi connectivity index (χ1v) is 5.52. The van der Waals surface area contributed by atoms with Gasteiger partial charge in [0.2, 0.25) is 6.41 Å². The van der Waals surface area contributed by atoms with Crippen molar-refractivity contribution in [2.24, 2.45) is 0 Å². The predicted octanol–water partition coefficient (Wildman–Crippen LogP) is 3.91. The second-order valence-electron chi connectivity index (χ2n) is 2.76. The number of rotatable bonds is 3. The molecule has 1 rings (SSSR count). The van der Waals surface area contributed by atoms with E-state index in [-0.39, 0.29) is 24.2 Å². The van der Waals surface area contributed by atoms with Crippen LogP contribution >= 0.6 is 10.2 Å². The molecule has 1 amide bonds. The van der Waals surface area contributed by atoms with Crippen molar-refractivity contribution in [3.63, 3.8) is 0 Å². The quantitative estimate of drug-likeness (QED) is 0.636. The molecule has 1 aromatic rings. The van der Waals surface area contributed by atoms with E-state index in [0.29, 0.717) is 0 Å². The van der Waals surface area contributed by atoms with Gasteiger partial charge >= 0.3 is 10.2 Å². The third-order valence-corrected chi connectivity index (χ3v) is 2.65. The molecule has 86 valence electrons. The van der Waals surface area contributed by atoms with Gasteiger partial charge in [-0.3, -0.25) is 4.79 Å². The number of nitrogens with one attached hydrogen (secondary N) is 1. The van der Waals surface area contributed by atoms with Crippen molar-refractivity contribution in [2.45, 2.75) is 4.90 Å². The minimum absolute atomic E-state index is 0.102. The highest BCUT2D eigenvalue weighted by Gasteiger charge is 2.65. The molecule has 0 unspecified atom stereocenters. The zero-order valence-electron chi connectivity index (χ0n) is 7.09. The van der Waals surface area contributed by atoms with E-state index in [1.165, 1.54) is 0 Å². The van der Waals surface area contributed by atoms with Crippen molar-refractivity contribution in [3.05, 3.63) is 24.3 Å². The van der Waals surface area contributed by atoms with E-state index in [2.05, 4.69) is 0 Å². The maximum absolute atomic E-state index is 12.3. The third-order valence-electron chi connectivity index (χ3n) is 1.51. The molecule has 0 heterocycles. The molecule has 0 aromatic heterocycles. The Morgan fingerprint density at radius 1 is 1.13 bits per heavy atom. The summed E-state index contributed by atoms with van der Waals surface area (Å²) in [5.74, 6) is 0. The molecule has 0 aliphatic rings. The summed E-state index contributed by atoms with van der Waals surface area (Å²) < 4.78 is 61.3. The second kappa shape index (κ2) is 2.63. The first-order chi connectivity index (χ1) is 6.53. The average molecular weight is 247 g/mol. The number of carbonyl (C=O) groups is 1. The van der Waals surface area contributed by atoms with Gasteiger partial charge in [0.05, 0.1) is 0 Å². The average Bonchev–Trinajstić information content (AvgIpc) is 2.01. The molecule has 0 bridgehead atoms. The number of halogens is 5. The summed E-state index contributed by atoms with van der Waals surface area (Å²) in [7, 11) is -9.65. The van der Waals surface area contributed by atoms with Crippen LogP contribution in [-0.4, -0.2) is 6.41 Å². The van der Waals surface area contributed by atoms with E-state index in [1.807, 2.05) is 5.32 Å². The van der Waals surface area contributed by atoms with Gasteiger partial charge in [0, 0.05) is 5.69 Å². The second-order valence-corrected chi connectivity index (χ2v) is 5.17. The fourth-order valence-corrected chi connectivity index (χ4v) is 1.58. The van der Waals surface area contributed by atoms with Crippen LogP contribution in [0.1, 0.15) is 0 Å². The Labute approximate surface area is 81.8 Å². The minimum Gasteiger partial charge on any atom is -0.329 e. The zero-order chi connectivity index (χ0) is 11.8. The fourth-order valence-electron chi connectivity index (χ4n) is 0.894. The fraction of sp³-hybridized carbons (Fsp3) is 0. The van der Waals surface area contributed by atoms with Gasteiger partial charge in [-0.2, -0.15) is 0 Å². The van der Waals surface area contributed by atoms with E-state index in [0.717, 1.165) is 12.1 Å². The van der Waals surface area contributed by atoms with Crippen LogP contribution in [0, 0.1) is 0 Å². The smallest absolute Gasteiger partial charge is 0.310 e. The van der Waals surface area contributed by atoms with Gasteiger partial charge in [-0.1, -0.05) is 25.5 Å². The van der Waals surface area contributed by atoms with Gasteiger partial charge in [0.15, 0.2) is 0 Å². The van der Waals surface area contributed by atoms with Crippen molar-refractivity contribution in [1.82, 2.24) is 0 Å². The molecule has 0 fully saturated rings. The highest BCUT2D eigenvalue weighted by molar-refractivity contribution is 8.45. The molecule has 2 nitrogen and oxygen atoms in total. The van der Waals surface area contributed by atoms with Crippen molar-refractivity contribution < 1.29 is 24.2 Å². The van der Waals surface area contributed by atoms with E-state index < -0.39 is 15.1 Å². The van der Waals surface area contributed by atoms with Crippen molar-refractivity contribution >= 4 is 22.3 Å². The minimum atomic E-state index is -9.65. The predicted molar refractivity (Wildman–Crippen MR) is 47.5 cm³/mol. The van der Waals surface area contributed by atoms with Crippen LogP contribution in [0.2, 0.25) is 0 Å². The Bertz CT molecular complexity index is 400. The van der Waals surface area contributed by atoms with Gasteiger partial charge in [-0.15, -0.1) is 0 Å². The lowest BCUT2D eigenvalue weighted by atomic mass is 10.3. The van der Waals surface area contributed by atoms with Crippen LogP contribution in [0.3, 0.4) is 0 Å². The van der Waals surface area contributed by atoms with Crippen LogP contribution in [0.15, 0.2) is 29.2 Å². The first-order valence-electron chi connectivity index (χ1n) is 3.57. The highest BCUT2D eigenvalue weighted by Crippen LogP contribution is 3.02. The van der Waals surface area contributed by atoms with Gasteiger partial charge in [0.1, 0.15) is 4.90 Å². The monoisotopic (exact) mass is 247 g/mol. The van der Waals surface area contributed by atoms with E-state index in [1.54, 1.807) is 0 Å². The van der Waals surface area contributed by atoms with E-state index in [4.69, 9.17) is 0 Å². The summed E-state index contributed by atoms with van der Waals surface area (Å²) in [5.41, 5.74) is -0.337. The zero-order valence-corrected chi connectivity index (χ0v) is 7.91. The number of hydrogen-bond acceptors (Lipinski definition) is 1. The van der Waals surface area contributed by atoms with Crippen LogP contribution in [0.25, 0.3) is 0 Å². The van der Waals surface area contributed by atoms with Crippen LogP contribution in [-0.2, 0) is 4.79 Å². The van der Waals surface area contributed by atoms with Crippen molar-refractivity contribution in [2.75, 3.05) is 5.32 Å². The number of amides is 1. The summed E-state index contributed by atoms with van der Waals surface area (Å²) in [6.45, 7) is 0. The Kier molecular flexibility index (Phi) is 2.06. The van der Waals surface area contributed by atoms with Crippen LogP contribution < -0.4 is 5.32 Å². The van der Waals surface area contributed by atoms with Crippen LogP contribution in [0.4, 0.5) is 25.1 Å². The lowest BCUT2D eigenvalue weighted by Crippen LogP contribution is -2.06. The molecule has 0 saturated heterocycles. The molecule has 1 aromatic carbocycles. The third kappa shape index (κ3) is 3.08. The van der Waals surface area contributed by atoms with Crippen molar-refractivity contribution in [3.8, 4) is 0 Å². The summed E-state index contributed by atoms with van der Waals surface area (Å²) in [6, 6.07) is 2.31. The number of carbonyl (C=O) groups excluding carboxylic acids is 1. The maximum Gasteiger partial charge on any atom is 0.310 e. The molecule has 0 aliphatic heterocycles. The van der Waals surface area contributed by atoms with E-state index in [9.17, 15) is 24.2 Å². The maximum atomic E-state index is 12.3. The lowest BCUT2D eigenvalue weighted by molar-refractivity contribution is -0.105. The number of benzene rings is 1. The number of hydrogen-bond donors (Lipinski definition) is 1. The molecule has 0 spiro atoms. The standard InChI is InChI=1S/C7H6F5NOS/c8-15(9,10,11,12)7-3-1-2-6(4-7)13-5-14/h1-5H,(H,13,14). The van der Waals surface area contributed by atoms with Gasteiger partial charge < -0.3 is 5.32 Å². The summed E-state index contributed by atoms with van der Waals surface area (Å²) in [4.78, 5) is 7.90. The molecule has 0 aliphatic carbocycles. The SMILES string of the molecule is O=CNc1cccc(S(F)(F)(F)(F)F)c1. The normalized spacial score (nSPS) is 16.3. The topological polar surface area (TPSA) is 29.1 Å². The Balaban J connectivity index is 3.29. The first kappa shape index (κ1) is 11.8. The van der Waals surface area contributed by atoms with E-state index >= 15 is 0 Å². The molecule has 1 N–H and O–H groups in total. The van der Waals surface area contributed by atoms with Crippen LogP contribution in [0.5, 0.6) is 0 Å².